The molecule has 1 aromatic rings. The maximum Gasteiger partial charge on any atom is 0.309 e. The van der Waals surface area contributed by atoms with E-state index in [0.717, 1.165) is 56.9 Å². The number of aliphatic hydroxyl groups excluding tert-OH is 1. The number of aliphatic carboxylic acids is 1. The second-order valence-corrected chi connectivity index (χ2v) is 20.0. The van der Waals surface area contributed by atoms with Gasteiger partial charge in [-0.15, -0.1) is 0 Å². The van der Waals surface area contributed by atoms with Gasteiger partial charge in [-0.05, 0) is 111 Å². The lowest BCUT2D eigenvalue weighted by Crippen LogP contribution is -2.66. The Kier molecular flexibility index (Phi) is 10.2. The summed E-state index contributed by atoms with van der Waals surface area (Å²) in [4.78, 5) is 47.4. The zero-order valence-corrected chi connectivity index (χ0v) is 33.7. The van der Waals surface area contributed by atoms with Gasteiger partial charge in [-0.1, -0.05) is 65.6 Å². The van der Waals surface area contributed by atoms with E-state index in [1.807, 2.05) is 0 Å². The molecule has 0 radical (unpaired) electrons. The van der Waals surface area contributed by atoms with Gasteiger partial charge in [0.1, 0.15) is 11.9 Å². The van der Waals surface area contributed by atoms with Gasteiger partial charge in [-0.3, -0.25) is 14.4 Å². The van der Waals surface area contributed by atoms with E-state index in [0.29, 0.717) is 42.2 Å². The molecule has 0 bridgehead atoms. The van der Waals surface area contributed by atoms with Gasteiger partial charge < -0.3 is 20.3 Å². The van der Waals surface area contributed by atoms with Crippen molar-refractivity contribution in [2.75, 3.05) is 6.54 Å². The Morgan fingerprint density at radius 3 is 2.29 bits per heavy atom. The first-order valence-electron chi connectivity index (χ1n) is 19.7. The number of fused-ring (bicyclic) bond motifs is 7. The molecule has 1 unspecified atom stereocenters. The maximum atomic E-state index is 14.0. The molecule has 52 heavy (non-hydrogen) atoms. The molecule has 4 fully saturated rings. The van der Waals surface area contributed by atoms with Crippen LogP contribution in [-0.4, -0.2) is 56.7 Å². The summed E-state index contributed by atoms with van der Waals surface area (Å²) in [5, 5.41) is 25.6. The number of aromatic nitrogens is 2. The molecule has 6 rings (SSSR count). The van der Waals surface area contributed by atoms with Crippen molar-refractivity contribution in [2.45, 2.75) is 145 Å². The molecule has 9 nitrogen and oxygen atoms in total. The van der Waals surface area contributed by atoms with E-state index >= 15 is 0 Å². The van der Waals surface area contributed by atoms with Crippen molar-refractivity contribution < 1.29 is 29.3 Å². The standard InChI is InChI=1S/C42H62ClN3O6/c1-24(2)34-27(47)18-42(30(48)22-44-23-32-45-20-25(43)21-46-32)17-16-40(8)26(35(34)42)10-11-29-39(7)14-13-31(52-33(49)19-37(3,4)36(50)51)38(5,6)28(39)12-15-41(29,40)9/h20-21,24,26,28-31,44,48H,10-19,22-23H2,1-9H3,(H,50,51)/t26-,28?,29-,30-,31+,39+,40-,41-,42+/m1/s1. The second kappa shape index (κ2) is 13.4. The zero-order valence-electron chi connectivity index (χ0n) is 32.9. The molecular formula is C42H62ClN3O6. The molecule has 3 N–H and O–H groups in total. The predicted molar refractivity (Wildman–Crippen MR) is 200 cm³/mol. The number of nitrogens with one attached hydrogen (secondary N) is 1. The molecule has 1 heterocycles. The molecule has 0 aliphatic heterocycles. The first-order chi connectivity index (χ1) is 24.1. The van der Waals surface area contributed by atoms with Gasteiger partial charge in [0.25, 0.3) is 0 Å². The van der Waals surface area contributed by atoms with E-state index in [-0.39, 0.29) is 51.8 Å². The third kappa shape index (κ3) is 6.07. The second-order valence-electron chi connectivity index (χ2n) is 19.5. The lowest BCUT2D eigenvalue weighted by atomic mass is 9.33. The van der Waals surface area contributed by atoms with Gasteiger partial charge >= 0.3 is 11.9 Å². The van der Waals surface area contributed by atoms with Crippen LogP contribution in [0.15, 0.2) is 23.5 Å². The summed E-state index contributed by atoms with van der Waals surface area (Å²) in [7, 11) is 0. The highest BCUT2D eigenvalue weighted by Crippen LogP contribution is 2.77. The number of carbonyl (C=O) groups excluding carboxylic acids is 2. The topological polar surface area (TPSA) is 139 Å². The Bertz CT molecular complexity index is 1620. The summed E-state index contributed by atoms with van der Waals surface area (Å²) in [5.74, 6) is 0.541. The minimum absolute atomic E-state index is 0.0341. The highest BCUT2D eigenvalue weighted by molar-refractivity contribution is 6.30. The average Bonchev–Trinajstić information content (AvgIpc) is 3.36. The number of carbonyl (C=O) groups is 3. The highest BCUT2D eigenvalue weighted by atomic mass is 35.5. The van der Waals surface area contributed by atoms with E-state index in [1.165, 1.54) is 5.57 Å². The van der Waals surface area contributed by atoms with Crippen LogP contribution in [0.2, 0.25) is 5.02 Å². The number of esters is 1. The summed E-state index contributed by atoms with van der Waals surface area (Å²) in [6.45, 7) is 20.3. The average molecular weight is 740 g/mol. The van der Waals surface area contributed by atoms with Crippen LogP contribution in [-0.2, 0) is 25.7 Å². The van der Waals surface area contributed by atoms with Gasteiger partial charge in [0.05, 0.1) is 29.5 Å². The lowest BCUT2D eigenvalue weighted by molar-refractivity contribution is -0.235. The first kappa shape index (κ1) is 39.3. The van der Waals surface area contributed by atoms with Crippen LogP contribution in [0.5, 0.6) is 0 Å². The van der Waals surface area contributed by atoms with Gasteiger partial charge in [0, 0.05) is 36.2 Å². The number of carboxylic acid groups (broad SMARTS) is 1. The predicted octanol–water partition coefficient (Wildman–Crippen LogP) is 7.97. The highest BCUT2D eigenvalue weighted by Gasteiger charge is 2.70. The molecule has 288 valence electrons. The number of ketones is 1. The summed E-state index contributed by atoms with van der Waals surface area (Å²) in [6.07, 6.45) is 10.1. The maximum absolute atomic E-state index is 14.0. The van der Waals surface area contributed by atoms with Crippen molar-refractivity contribution in [3.8, 4) is 0 Å². The van der Waals surface area contributed by atoms with E-state index in [4.69, 9.17) is 16.3 Å². The van der Waals surface area contributed by atoms with Crippen molar-refractivity contribution in [2.24, 2.45) is 56.2 Å². The molecule has 0 aromatic carbocycles. The summed E-state index contributed by atoms with van der Waals surface area (Å²) in [6, 6.07) is 0. The minimum Gasteiger partial charge on any atom is -0.481 e. The van der Waals surface area contributed by atoms with Crippen molar-refractivity contribution in [3.05, 3.63) is 34.4 Å². The van der Waals surface area contributed by atoms with Gasteiger partial charge in [-0.25, -0.2) is 9.97 Å². The number of allylic oxidation sites excluding steroid dienone is 1. The van der Waals surface area contributed by atoms with Crippen LogP contribution in [0.3, 0.4) is 0 Å². The smallest absolute Gasteiger partial charge is 0.309 e. The SMILES string of the molecule is CC(C)C1=C2[C@H]3CC[C@@H]4[C@@]5(C)CC[C@H](OC(=O)CC(C)(C)C(=O)O)C(C)(C)C5CC[C@@]4(C)[C@]3(C)CC[C@@]2([C@H](O)CNCc2ncc(Cl)cn2)CC1=O. The van der Waals surface area contributed by atoms with Crippen molar-refractivity contribution in [1.82, 2.24) is 15.3 Å². The fourth-order valence-corrected chi connectivity index (χ4v) is 13.0. The Labute approximate surface area is 315 Å². The fraction of sp³-hybridized carbons (Fsp3) is 0.786. The van der Waals surface area contributed by atoms with Crippen LogP contribution in [0.4, 0.5) is 0 Å². The molecule has 4 saturated carbocycles. The fourth-order valence-electron chi connectivity index (χ4n) is 12.9. The van der Waals surface area contributed by atoms with E-state index in [9.17, 15) is 24.6 Å². The Morgan fingerprint density at radius 1 is 0.981 bits per heavy atom. The number of ether oxygens (including phenoxy) is 1. The largest absolute Gasteiger partial charge is 0.481 e. The van der Waals surface area contributed by atoms with E-state index in [2.05, 4.69) is 63.8 Å². The number of hydrogen-bond donors (Lipinski definition) is 3. The van der Waals surface area contributed by atoms with Crippen LogP contribution in [0.25, 0.3) is 0 Å². The molecule has 5 aliphatic rings. The number of hydrogen-bond acceptors (Lipinski definition) is 8. The number of carboxylic acids is 1. The van der Waals surface area contributed by atoms with Crippen molar-refractivity contribution >= 4 is 29.3 Å². The Hall–Kier alpha value is -2.36. The van der Waals surface area contributed by atoms with Crippen LogP contribution in [0, 0.1) is 56.2 Å². The first-order valence-corrected chi connectivity index (χ1v) is 20.1. The van der Waals surface area contributed by atoms with E-state index < -0.39 is 28.9 Å². The van der Waals surface area contributed by atoms with Crippen molar-refractivity contribution in [1.29, 1.82) is 0 Å². The van der Waals surface area contributed by atoms with Crippen LogP contribution < -0.4 is 5.32 Å². The summed E-state index contributed by atoms with van der Waals surface area (Å²) >= 11 is 5.98. The van der Waals surface area contributed by atoms with Crippen molar-refractivity contribution in [3.63, 3.8) is 0 Å². The normalized spacial score (nSPS) is 37.5. The number of aliphatic hydroxyl groups is 1. The van der Waals surface area contributed by atoms with Gasteiger partial charge in [0.2, 0.25) is 0 Å². The Balaban J connectivity index is 1.26. The van der Waals surface area contributed by atoms with Gasteiger partial charge in [0.15, 0.2) is 5.78 Å². The van der Waals surface area contributed by atoms with Crippen LogP contribution >= 0.6 is 11.6 Å². The molecule has 0 saturated heterocycles. The molecule has 0 amide bonds. The third-order valence-corrected chi connectivity index (χ3v) is 16.0. The number of rotatable bonds is 10. The Morgan fingerprint density at radius 2 is 1.65 bits per heavy atom. The quantitative estimate of drug-likeness (QED) is 0.204. The molecule has 5 aliphatic carbocycles. The number of nitrogens with zero attached hydrogens (tertiary/aromatic N) is 2. The van der Waals surface area contributed by atoms with E-state index in [1.54, 1.807) is 26.2 Å². The number of halogens is 1. The van der Waals surface area contributed by atoms with Crippen LogP contribution in [0.1, 0.15) is 132 Å². The third-order valence-electron chi connectivity index (χ3n) is 15.8. The minimum atomic E-state index is -1.17. The number of Topliss-reactive ketones (excluding diaryl/α,β-unsaturated/α-hetero) is 1. The molecule has 9 atom stereocenters. The molecular weight excluding hydrogens is 678 g/mol. The lowest BCUT2D eigenvalue weighted by Gasteiger charge is -2.72. The zero-order chi connectivity index (χ0) is 38.2. The molecule has 1 aromatic heterocycles. The summed E-state index contributed by atoms with van der Waals surface area (Å²) in [5.41, 5.74) is 0.279. The van der Waals surface area contributed by atoms with Gasteiger partial charge in [-0.2, -0.15) is 0 Å². The molecule has 0 spiro atoms. The monoisotopic (exact) mass is 739 g/mol. The molecule has 10 heteroatoms. The summed E-state index contributed by atoms with van der Waals surface area (Å²) < 4.78 is 6.16.